The van der Waals surface area contributed by atoms with E-state index in [9.17, 15) is 14.7 Å². The second-order valence-electron chi connectivity index (χ2n) is 10.6. The average molecular weight is 502 g/mol. The van der Waals surface area contributed by atoms with Crippen molar-refractivity contribution in [2.24, 2.45) is 5.73 Å². The molecule has 1 fully saturated rings. The molecule has 5 rings (SSSR count). The molecule has 3 aromatic rings. The number of pyridine rings is 1. The van der Waals surface area contributed by atoms with Crippen LogP contribution in [0.5, 0.6) is 5.75 Å². The van der Waals surface area contributed by atoms with Gasteiger partial charge in [0.15, 0.2) is 0 Å². The summed E-state index contributed by atoms with van der Waals surface area (Å²) >= 11 is 0. The number of aromatic amines is 1. The predicted molar refractivity (Wildman–Crippen MR) is 143 cm³/mol. The summed E-state index contributed by atoms with van der Waals surface area (Å²) in [5, 5.41) is 12.8. The Labute approximate surface area is 217 Å². The Morgan fingerprint density at radius 1 is 1.19 bits per heavy atom. The van der Waals surface area contributed by atoms with Crippen molar-refractivity contribution in [3.8, 4) is 5.75 Å². The van der Waals surface area contributed by atoms with Crippen LogP contribution in [0.15, 0.2) is 59.4 Å². The topological polar surface area (TPSA) is 109 Å². The number of nitrogens with one attached hydrogen (secondary N) is 1. The van der Waals surface area contributed by atoms with Gasteiger partial charge in [-0.3, -0.25) is 14.5 Å². The number of aliphatic hydroxyl groups is 1. The van der Waals surface area contributed by atoms with Crippen LogP contribution in [0.1, 0.15) is 51.7 Å². The monoisotopic (exact) mass is 501 g/mol. The highest BCUT2D eigenvalue weighted by molar-refractivity contribution is 5.92. The van der Waals surface area contributed by atoms with Crippen LogP contribution in [0.2, 0.25) is 0 Å². The Morgan fingerprint density at radius 2 is 1.95 bits per heavy atom. The van der Waals surface area contributed by atoms with Crippen molar-refractivity contribution in [2.45, 2.75) is 56.6 Å². The normalized spacial score (nSPS) is 25.2. The molecule has 1 saturated heterocycles. The number of likely N-dealkylation sites (tertiary alicyclic amines) is 1. The molecule has 194 valence electrons. The molecule has 37 heavy (non-hydrogen) atoms. The lowest BCUT2D eigenvalue weighted by molar-refractivity contribution is -0.138. The Hall–Kier alpha value is -3.42. The minimum Gasteiger partial charge on any atom is -0.497 e. The number of aromatic nitrogens is 1. The number of hydrogen-bond donors (Lipinski definition) is 3. The van der Waals surface area contributed by atoms with Crippen LogP contribution < -0.4 is 16.0 Å². The quantitative estimate of drug-likeness (QED) is 0.481. The minimum atomic E-state index is -1.15. The number of aryl methyl sites for hydroxylation is 1. The smallest absolute Gasteiger partial charge is 0.261 e. The van der Waals surface area contributed by atoms with E-state index in [2.05, 4.69) is 35.9 Å². The number of carbonyl (C=O) groups is 1. The van der Waals surface area contributed by atoms with Gasteiger partial charge in [0.25, 0.3) is 11.5 Å². The van der Waals surface area contributed by atoms with Gasteiger partial charge in [-0.15, -0.1) is 0 Å². The van der Waals surface area contributed by atoms with Gasteiger partial charge in [0, 0.05) is 36.5 Å². The molecular weight excluding hydrogens is 466 g/mol. The van der Waals surface area contributed by atoms with E-state index in [1.54, 1.807) is 13.2 Å². The number of fused-ring (bicyclic) bond motifs is 2. The lowest BCUT2D eigenvalue weighted by Crippen LogP contribution is -2.71. The first-order valence-electron chi connectivity index (χ1n) is 12.9. The van der Waals surface area contributed by atoms with Crippen molar-refractivity contribution in [3.05, 3.63) is 98.5 Å². The van der Waals surface area contributed by atoms with E-state index in [0.29, 0.717) is 12.8 Å². The maximum Gasteiger partial charge on any atom is 0.261 e. The van der Waals surface area contributed by atoms with Gasteiger partial charge >= 0.3 is 0 Å². The number of carbonyl (C=O) groups excluding carboxylic acids is 1. The van der Waals surface area contributed by atoms with Gasteiger partial charge in [0.2, 0.25) is 0 Å². The minimum absolute atomic E-state index is 0.0724. The molecule has 1 aliphatic heterocycles. The third-order valence-electron chi connectivity index (χ3n) is 8.80. The van der Waals surface area contributed by atoms with Crippen LogP contribution in [-0.2, 0) is 24.7 Å². The molecule has 3 unspecified atom stereocenters. The number of H-pyrrole nitrogens is 1. The molecule has 0 radical (unpaired) electrons. The van der Waals surface area contributed by atoms with Crippen molar-refractivity contribution in [1.29, 1.82) is 0 Å². The fraction of sp³-hybridized carbons (Fsp3) is 0.400. The van der Waals surface area contributed by atoms with E-state index in [4.69, 9.17) is 10.5 Å². The second-order valence-corrected chi connectivity index (χ2v) is 10.6. The molecular formula is C30H35N3O4. The van der Waals surface area contributed by atoms with E-state index in [1.165, 1.54) is 5.56 Å². The van der Waals surface area contributed by atoms with E-state index in [0.717, 1.165) is 54.1 Å². The van der Waals surface area contributed by atoms with Crippen LogP contribution in [0.4, 0.5) is 0 Å². The van der Waals surface area contributed by atoms with Crippen LogP contribution >= 0.6 is 0 Å². The molecule has 1 aliphatic carbocycles. The first kappa shape index (κ1) is 25.2. The van der Waals surface area contributed by atoms with Crippen LogP contribution in [0.25, 0.3) is 0 Å². The number of primary amides is 1. The lowest BCUT2D eigenvalue weighted by Gasteiger charge is -2.60. The highest BCUT2D eigenvalue weighted by Crippen LogP contribution is 2.53. The van der Waals surface area contributed by atoms with Gasteiger partial charge in [-0.2, -0.15) is 0 Å². The molecule has 0 bridgehead atoms. The summed E-state index contributed by atoms with van der Waals surface area (Å²) in [6.45, 7) is 5.79. The summed E-state index contributed by atoms with van der Waals surface area (Å²) in [6.07, 6.45) is 2.37. The van der Waals surface area contributed by atoms with Crippen molar-refractivity contribution < 1.29 is 14.6 Å². The molecule has 1 aromatic heterocycles. The van der Waals surface area contributed by atoms with Gasteiger partial charge in [-0.05, 0) is 73.7 Å². The van der Waals surface area contributed by atoms with Gasteiger partial charge in [0.1, 0.15) is 11.3 Å². The summed E-state index contributed by atoms with van der Waals surface area (Å²) in [4.78, 5) is 29.9. The summed E-state index contributed by atoms with van der Waals surface area (Å²) in [5.41, 5.74) is 8.03. The first-order valence-corrected chi connectivity index (χ1v) is 12.9. The standard InChI is InChI=1S/C30H35N3O4/c1-19-9-10-23(37-3)16-25(19)29-12-14-33(13-11-21-7-5-4-6-8-21)20(2)30(29,36)17-22-15-24(27(31)34)28(35)32-26(22)18-29/h4-10,15-16,20,36H,11-14,17-18H2,1-3H3,(H2,31,34)(H,32,35). The van der Waals surface area contributed by atoms with Crippen molar-refractivity contribution in [1.82, 2.24) is 9.88 Å². The number of benzene rings is 2. The van der Waals surface area contributed by atoms with E-state index < -0.39 is 22.5 Å². The van der Waals surface area contributed by atoms with E-state index >= 15 is 0 Å². The number of ether oxygens (including phenoxy) is 1. The van der Waals surface area contributed by atoms with Crippen LogP contribution in [0, 0.1) is 6.92 Å². The molecule has 0 spiro atoms. The molecule has 2 aromatic carbocycles. The summed E-state index contributed by atoms with van der Waals surface area (Å²) < 4.78 is 5.57. The van der Waals surface area contributed by atoms with Gasteiger partial charge < -0.3 is 20.6 Å². The summed E-state index contributed by atoms with van der Waals surface area (Å²) in [6, 6.07) is 17.8. The fourth-order valence-corrected chi connectivity index (χ4v) is 6.64. The number of nitrogens with zero attached hydrogens (tertiary/aromatic N) is 1. The third kappa shape index (κ3) is 4.16. The van der Waals surface area contributed by atoms with Gasteiger partial charge in [0.05, 0.1) is 12.7 Å². The Kier molecular flexibility index (Phi) is 6.46. The van der Waals surface area contributed by atoms with Crippen molar-refractivity contribution >= 4 is 5.91 Å². The lowest BCUT2D eigenvalue weighted by atomic mass is 9.53. The first-order chi connectivity index (χ1) is 17.7. The number of amides is 1. The highest BCUT2D eigenvalue weighted by atomic mass is 16.5. The van der Waals surface area contributed by atoms with Crippen LogP contribution in [-0.4, -0.2) is 52.7 Å². The summed E-state index contributed by atoms with van der Waals surface area (Å²) in [7, 11) is 1.64. The Morgan fingerprint density at radius 3 is 2.65 bits per heavy atom. The van der Waals surface area contributed by atoms with E-state index in [1.807, 2.05) is 36.4 Å². The van der Waals surface area contributed by atoms with Gasteiger partial charge in [-0.1, -0.05) is 36.4 Å². The van der Waals surface area contributed by atoms with E-state index in [-0.39, 0.29) is 11.6 Å². The van der Waals surface area contributed by atoms with Gasteiger partial charge in [-0.25, -0.2) is 0 Å². The zero-order valence-corrected chi connectivity index (χ0v) is 21.7. The molecule has 0 saturated carbocycles. The predicted octanol–water partition coefficient (Wildman–Crippen LogP) is 2.90. The number of rotatable bonds is 6. The number of hydrogen-bond acceptors (Lipinski definition) is 5. The zero-order valence-electron chi connectivity index (χ0n) is 21.7. The summed E-state index contributed by atoms with van der Waals surface area (Å²) in [5.74, 6) is -0.0300. The van der Waals surface area contributed by atoms with Crippen molar-refractivity contribution in [3.63, 3.8) is 0 Å². The SMILES string of the molecule is COc1ccc(C)c(C23CCN(CCc4ccccc4)C(C)C2(O)Cc2cc(C(N)=O)c(=O)[nH]c2C3)c1. The highest BCUT2D eigenvalue weighted by Gasteiger charge is 2.61. The molecule has 2 aliphatic rings. The maximum atomic E-state index is 12.8. The zero-order chi connectivity index (χ0) is 26.4. The molecule has 1 amide bonds. The number of nitrogens with two attached hydrogens (primary N) is 1. The van der Waals surface area contributed by atoms with Crippen molar-refractivity contribution in [2.75, 3.05) is 20.2 Å². The number of methoxy groups -OCH3 is 1. The fourth-order valence-electron chi connectivity index (χ4n) is 6.64. The molecule has 7 heteroatoms. The molecule has 4 N–H and O–H groups in total. The second kappa shape index (κ2) is 9.47. The van der Waals surface area contributed by atoms with Crippen LogP contribution in [0.3, 0.4) is 0 Å². The Bertz CT molecular complexity index is 1390. The third-order valence-corrected chi connectivity index (χ3v) is 8.80. The maximum absolute atomic E-state index is 12.8. The molecule has 7 nitrogen and oxygen atoms in total. The molecule has 2 heterocycles. The largest absolute Gasteiger partial charge is 0.497 e. The molecule has 3 atom stereocenters. The Balaban J connectivity index is 1.61. The average Bonchev–Trinajstić information content (AvgIpc) is 2.88. The number of piperidine rings is 1.